The van der Waals surface area contributed by atoms with E-state index in [-0.39, 0.29) is 0 Å². The third-order valence-corrected chi connectivity index (χ3v) is 6.33. The van der Waals surface area contributed by atoms with E-state index < -0.39 is 0 Å². The van der Waals surface area contributed by atoms with Crippen molar-refractivity contribution in [3.63, 3.8) is 0 Å². The minimum atomic E-state index is 0.498. The highest BCUT2D eigenvalue weighted by Gasteiger charge is 2.16. The van der Waals surface area contributed by atoms with Crippen molar-refractivity contribution in [2.45, 2.75) is 44.7 Å². The molecule has 1 aromatic carbocycles. The van der Waals surface area contributed by atoms with Crippen molar-refractivity contribution in [2.75, 3.05) is 10.6 Å². The Morgan fingerprint density at radius 1 is 1.03 bits per heavy atom. The van der Waals surface area contributed by atoms with Crippen LogP contribution in [0.3, 0.4) is 0 Å². The normalized spacial score (nSPS) is 14.6. The van der Waals surface area contributed by atoms with Crippen molar-refractivity contribution in [1.82, 2.24) is 19.6 Å². The summed E-state index contributed by atoms with van der Waals surface area (Å²) in [6, 6.07) is 17.0. The van der Waals surface area contributed by atoms with E-state index in [2.05, 4.69) is 67.0 Å². The highest BCUT2D eigenvalue weighted by atomic mass is 79.9. The average Bonchev–Trinajstić information content (AvgIpc) is 3.20. The second kappa shape index (κ2) is 9.06. The fourth-order valence-corrected chi connectivity index (χ4v) is 4.46. The standard InChI is InChI=1S/C24H25BrN6/c25-20-16-28-31-23(14-22(30-24(20)31)29-19-6-2-1-3-7-19)27-15-17-9-11-18(12-10-17)21-8-4-5-13-26-21/h4-5,8-14,16,19,27H,1-3,6-7,15H2,(H,29,30). The van der Waals surface area contributed by atoms with Crippen LogP contribution in [0, 0.1) is 0 Å². The predicted octanol–water partition coefficient (Wildman–Crippen LogP) is 5.91. The molecule has 6 nitrogen and oxygen atoms in total. The van der Waals surface area contributed by atoms with Crippen LogP contribution in [0.4, 0.5) is 11.6 Å². The van der Waals surface area contributed by atoms with E-state index in [0.717, 1.165) is 33.0 Å². The van der Waals surface area contributed by atoms with Gasteiger partial charge >= 0.3 is 0 Å². The van der Waals surface area contributed by atoms with Gasteiger partial charge < -0.3 is 10.6 Å². The first kappa shape index (κ1) is 20.0. The molecule has 0 aliphatic heterocycles. The predicted molar refractivity (Wildman–Crippen MR) is 128 cm³/mol. The molecule has 0 saturated heterocycles. The smallest absolute Gasteiger partial charge is 0.173 e. The van der Waals surface area contributed by atoms with Crippen LogP contribution in [-0.4, -0.2) is 25.6 Å². The van der Waals surface area contributed by atoms with Crippen LogP contribution in [0.1, 0.15) is 37.7 Å². The summed E-state index contributed by atoms with van der Waals surface area (Å²) in [6.45, 7) is 0.696. The lowest BCUT2D eigenvalue weighted by atomic mass is 9.95. The second-order valence-electron chi connectivity index (χ2n) is 8.00. The maximum Gasteiger partial charge on any atom is 0.173 e. The molecule has 4 aromatic rings. The summed E-state index contributed by atoms with van der Waals surface area (Å²) in [5.74, 6) is 1.82. The van der Waals surface area contributed by atoms with Crippen LogP contribution in [0.15, 0.2) is 65.4 Å². The van der Waals surface area contributed by atoms with E-state index in [1.54, 1.807) is 6.20 Å². The van der Waals surface area contributed by atoms with Gasteiger partial charge in [0, 0.05) is 30.4 Å². The first-order valence-electron chi connectivity index (χ1n) is 10.8. The molecular formula is C24H25BrN6. The average molecular weight is 477 g/mol. The fourth-order valence-electron chi connectivity index (χ4n) is 4.11. The van der Waals surface area contributed by atoms with Gasteiger partial charge in [-0.05, 0) is 46.5 Å². The van der Waals surface area contributed by atoms with E-state index in [1.165, 1.54) is 37.7 Å². The molecule has 1 fully saturated rings. The van der Waals surface area contributed by atoms with Crippen molar-refractivity contribution < 1.29 is 0 Å². The number of rotatable bonds is 6. The molecule has 0 spiro atoms. The second-order valence-corrected chi connectivity index (χ2v) is 8.85. The lowest BCUT2D eigenvalue weighted by Crippen LogP contribution is -2.23. The summed E-state index contributed by atoms with van der Waals surface area (Å²) in [5.41, 5.74) is 4.11. The first-order valence-corrected chi connectivity index (χ1v) is 11.6. The summed E-state index contributed by atoms with van der Waals surface area (Å²) in [6.07, 6.45) is 9.94. The Kier molecular flexibility index (Phi) is 5.84. The number of hydrogen-bond acceptors (Lipinski definition) is 5. The van der Waals surface area contributed by atoms with Crippen LogP contribution >= 0.6 is 15.9 Å². The van der Waals surface area contributed by atoms with Crippen molar-refractivity contribution in [3.05, 3.63) is 71.0 Å². The van der Waals surface area contributed by atoms with Gasteiger partial charge in [-0.25, -0.2) is 4.98 Å². The van der Waals surface area contributed by atoms with E-state index in [9.17, 15) is 0 Å². The number of aromatic nitrogens is 4. The molecule has 2 N–H and O–H groups in total. The molecule has 1 aliphatic carbocycles. The Morgan fingerprint density at radius 3 is 2.65 bits per heavy atom. The van der Waals surface area contributed by atoms with Gasteiger partial charge in [0.05, 0.1) is 16.4 Å². The quantitative estimate of drug-likeness (QED) is 0.361. The number of halogens is 1. The molecule has 158 valence electrons. The van der Waals surface area contributed by atoms with Gasteiger partial charge in [-0.2, -0.15) is 9.61 Å². The highest BCUT2D eigenvalue weighted by Crippen LogP contribution is 2.26. The highest BCUT2D eigenvalue weighted by molar-refractivity contribution is 9.10. The van der Waals surface area contributed by atoms with E-state index in [4.69, 9.17) is 4.98 Å². The maximum atomic E-state index is 4.79. The Hall–Kier alpha value is -2.93. The van der Waals surface area contributed by atoms with Gasteiger partial charge in [0.25, 0.3) is 0 Å². The van der Waals surface area contributed by atoms with Gasteiger partial charge in [0.1, 0.15) is 11.6 Å². The lowest BCUT2D eigenvalue weighted by molar-refractivity contribution is 0.462. The van der Waals surface area contributed by atoms with Gasteiger partial charge in [0.15, 0.2) is 5.65 Å². The summed E-state index contributed by atoms with van der Waals surface area (Å²) >= 11 is 3.58. The SMILES string of the molecule is Brc1cnn2c(NCc3ccc(-c4ccccn4)cc3)cc(NC3CCCCC3)nc12. The molecule has 0 bridgehead atoms. The third-order valence-electron chi connectivity index (χ3n) is 5.77. The number of pyridine rings is 1. The molecular weight excluding hydrogens is 452 g/mol. The summed E-state index contributed by atoms with van der Waals surface area (Å²) in [5, 5.41) is 11.7. The van der Waals surface area contributed by atoms with E-state index >= 15 is 0 Å². The molecule has 1 aliphatic rings. The lowest BCUT2D eigenvalue weighted by Gasteiger charge is -2.23. The topological polar surface area (TPSA) is 67.1 Å². The molecule has 1 saturated carbocycles. The number of nitrogens with one attached hydrogen (secondary N) is 2. The Bertz CT molecular complexity index is 1150. The van der Waals surface area contributed by atoms with E-state index in [0.29, 0.717) is 12.6 Å². The van der Waals surface area contributed by atoms with Gasteiger partial charge in [0.2, 0.25) is 0 Å². The number of anilines is 2. The van der Waals surface area contributed by atoms with Crippen LogP contribution in [0.5, 0.6) is 0 Å². The number of nitrogens with zero attached hydrogens (tertiary/aromatic N) is 4. The molecule has 0 radical (unpaired) electrons. The van der Waals surface area contributed by atoms with Crippen molar-refractivity contribution >= 4 is 33.2 Å². The molecule has 0 atom stereocenters. The van der Waals surface area contributed by atoms with Crippen LogP contribution in [0.25, 0.3) is 16.9 Å². The van der Waals surface area contributed by atoms with Crippen molar-refractivity contribution in [3.8, 4) is 11.3 Å². The minimum Gasteiger partial charge on any atom is -0.367 e. The fraction of sp³-hybridized carbons (Fsp3) is 0.292. The summed E-state index contributed by atoms with van der Waals surface area (Å²) < 4.78 is 2.74. The molecule has 7 heteroatoms. The molecule has 3 aromatic heterocycles. The maximum absolute atomic E-state index is 4.79. The summed E-state index contributed by atoms with van der Waals surface area (Å²) in [4.78, 5) is 9.21. The number of fused-ring (bicyclic) bond motifs is 1. The van der Waals surface area contributed by atoms with Gasteiger partial charge in [-0.3, -0.25) is 4.98 Å². The zero-order valence-electron chi connectivity index (χ0n) is 17.3. The van der Waals surface area contributed by atoms with Crippen molar-refractivity contribution in [2.24, 2.45) is 0 Å². The largest absolute Gasteiger partial charge is 0.367 e. The molecule has 5 rings (SSSR count). The number of hydrogen-bond donors (Lipinski definition) is 2. The van der Waals surface area contributed by atoms with Gasteiger partial charge in [-0.1, -0.05) is 49.6 Å². The Labute approximate surface area is 190 Å². The molecule has 0 unspecified atom stereocenters. The third kappa shape index (κ3) is 4.56. The van der Waals surface area contributed by atoms with Crippen LogP contribution < -0.4 is 10.6 Å². The summed E-state index contributed by atoms with van der Waals surface area (Å²) in [7, 11) is 0. The number of benzene rings is 1. The van der Waals surface area contributed by atoms with Crippen molar-refractivity contribution in [1.29, 1.82) is 0 Å². The Morgan fingerprint density at radius 2 is 1.87 bits per heavy atom. The van der Waals surface area contributed by atoms with Gasteiger partial charge in [-0.15, -0.1) is 0 Å². The van der Waals surface area contributed by atoms with Crippen LogP contribution in [0.2, 0.25) is 0 Å². The molecule has 3 heterocycles. The van der Waals surface area contributed by atoms with Crippen LogP contribution in [-0.2, 0) is 6.54 Å². The molecule has 31 heavy (non-hydrogen) atoms. The van der Waals surface area contributed by atoms with E-state index in [1.807, 2.05) is 28.9 Å². The minimum absolute atomic E-state index is 0.498. The Balaban J connectivity index is 1.34. The first-order chi connectivity index (χ1) is 15.3. The zero-order valence-corrected chi connectivity index (χ0v) is 18.8. The monoisotopic (exact) mass is 476 g/mol. The molecule has 0 amide bonds. The zero-order chi connectivity index (χ0) is 21.0.